The Labute approximate surface area is 133 Å². The molecule has 0 atom stereocenters. The number of phenolic OH excluding ortho intramolecular Hbond substituents is 1. The summed E-state index contributed by atoms with van der Waals surface area (Å²) >= 11 is 0. The molecule has 2 aromatic carbocycles. The van der Waals surface area contributed by atoms with Crippen LogP contribution in [0.4, 0.5) is 0 Å². The topological polar surface area (TPSA) is 75.6 Å². The van der Waals surface area contributed by atoms with Crippen molar-refractivity contribution in [2.45, 2.75) is 18.4 Å². The zero-order valence-electron chi connectivity index (χ0n) is 12.7. The van der Waals surface area contributed by atoms with E-state index in [9.17, 15) is 14.7 Å². The van der Waals surface area contributed by atoms with Crippen molar-refractivity contribution in [3.05, 3.63) is 65.2 Å². The van der Waals surface area contributed by atoms with Crippen LogP contribution in [-0.2, 0) is 22.4 Å². The molecule has 2 aromatic rings. The molecule has 5 nitrogen and oxygen atoms in total. The number of nitrogens with one attached hydrogen (secondary N) is 1. The van der Waals surface area contributed by atoms with Crippen LogP contribution in [0.1, 0.15) is 21.5 Å². The van der Waals surface area contributed by atoms with E-state index in [4.69, 9.17) is 4.74 Å². The molecule has 3 rings (SSSR count). The number of amides is 1. The smallest absolute Gasteiger partial charge is 0.332 e. The fourth-order valence-corrected chi connectivity index (χ4v) is 3.04. The molecular formula is C18H17NO4. The number of phenols is 1. The first-order valence-corrected chi connectivity index (χ1v) is 7.31. The molecule has 1 amide bonds. The maximum absolute atomic E-state index is 12.5. The second-order valence-electron chi connectivity index (χ2n) is 5.67. The lowest BCUT2D eigenvalue weighted by atomic mass is 9.95. The van der Waals surface area contributed by atoms with E-state index >= 15 is 0 Å². The largest absolute Gasteiger partial charge is 0.507 e. The van der Waals surface area contributed by atoms with E-state index in [1.165, 1.54) is 19.2 Å². The summed E-state index contributed by atoms with van der Waals surface area (Å²) in [6, 6.07) is 13.9. The fourth-order valence-electron chi connectivity index (χ4n) is 3.04. The van der Waals surface area contributed by atoms with Crippen molar-refractivity contribution in [1.29, 1.82) is 0 Å². The van der Waals surface area contributed by atoms with Gasteiger partial charge < -0.3 is 15.2 Å². The van der Waals surface area contributed by atoms with Gasteiger partial charge in [-0.05, 0) is 23.3 Å². The first kappa shape index (κ1) is 15.1. The average Bonchev–Trinajstić information content (AvgIpc) is 2.93. The zero-order valence-corrected chi connectivity index (χ0v) is 12.7. The average molecular weight is 311 g/mol. The highest BCUT2D eigenvalue weighted by Gasteiger charge is 2.46. The number of rotatable bonds is 3. The van der Waals surface area contributed by atoms with Crippen LogP contribution in [0.25, 0.3) is 0 Å². The summed E-state index contributed by atoms with van der Waals surface area (Å²) in [6.07, 6.45) is 0.740. The Kier molecular flexibility index (Phi) is 3.78. The van der Waals surface area contributed by atoms with Crippen molar-refractivity contribution >= 4 is 11.9 Å². The Morgan fingerprint density at radius 2 is 1.61 bits per heavy atom. The highest BCUT2D eigenvalue weighted by Crippen LogP contribution is 2.31. The van der Waals surface area contributed by atoms with Gasteiger partial charge in [0.25, 0.3) is 5.91 Å². The number of fused-ring (bicyclic) bond motifs is 1. The lowest BCUT2D eigenvalue weighted by Gasteiger charge is -2.27. The zero-order chi connectivity index (χ0) is 16.4. The molecule has 0 radical (unpaired) electrons. The van der Waals surface area contributed by atoms with Gasteiger partial charge in [0.05, 0.1) is 12.7 Å². The molecular weight excluding hydrogens is 294 g/mol. The monoisotopic (exact) mass is 311 g/mol. The van der Waals surface area contributed by atoms with E-state index < -0.39 is 17.4 Å². The number of esters is 1. The van der Waals surface area contributed by atoms with Crippen molar-refractivity contribution < 1.29 is 19.4 Å². The number of carbonyl (C=O) groups excluding carboxylic acids is 2. The maximum atomic E-state index is 12.5. The summed E-state index contributed by atoms with van der Waals surface area (Å²) < 4.78 is 4.92. The third-order valence-corrected chi connectivity index (χ3v) is 4.18. The van der Waals surface area contributed by atoms with Crippen molar-refractivity contribution in [3.63, 3.8) is 0 Å². The highest BCUT2D eigenvalue weighted by molar-refractivity contribution is 6.00. The quantitative estimate of drug-likeness (QED) is 0.848. The molecule has 0 fully saturated rings. The van der Waals surface area contributed by atoms with Crippen molar-refractivity contribution in [2.75, 3.05) is 7.11 Å². The first-order valence-electron chi connectivity index (χ1n) is 7.31. The maximum Gasteiger partial charge on any atom is 0.332 e. The molecule has 0 saturated heterocycles. The molecule has 0 spiro atoms. The lowest BCUT2D eigenvalue weighted by Crippen LogP contribution is -2.56. The first-order chi connectivity index (χ1) is 11.1. The predicted octanol–water partition coefficient (Wildman–Crippen LogP) is 1.83. The van der Waals surface area contributed by atoms with Crippen molar-refractivity contribution in [1.82, 2.24) is 5.32 Å². The summed E-state index contributed by atoms with van der Waals surface area (Å²) in [5.74, 6) is -1.11. The Balaban J connectivity index is 1.92. The minimum atomic E-state index is -1.14. The van der Waals surface area contributed by atoms with Gasteiger partial charge in [-0.2, -0.15) is 0 Å². The van der Waals surface area contributed by atoms with Crippen LogP contribution in [0.2, 0.25) is 0 Å². The number of hydrogen-bond donors (Lipinski definition) is 2. The van der Waals surface area contributed by atoms with Gasteiger partial charge in [0.15, 0.2) is 0 Å². The van der Waals surface area contributed by atoms with Gasteiger partial charge in [-0.15, -0.1) is 0 Å². The summed E-state index contributed by atoms with van der Waals surface area (Å²) in [7, 11) is 1.30. The van der Waals surface area contributed by atoms with Gasteiger partial charge >= 0.3 is 5.97 Å². The van der Waals surface area contributed by atoms with Crippen LogP contribution >= 0.6 is 0 Å². The van der Waals surface area contributed by atoms with Gasteiger partial charge in [0.2, 0.25) is 0 Å². The molecule has 0 saturated carbocycles. The SMILES string of the molecule is COC(=O)C1(NC(=O)c2ccccc2O)Cc2ccccc2C1. The number of benzene rings is 2. The number of ether oxygens (including phenoxy) is 1. The normalized spacial score (nSPS) is 14.8. The van der Waals surface area contributed by atoms with E-state index in [2.05, 4.69) is 5.32 Å². The lowest BCUT2D eigenvalue weighted by molar-refractivity contribution is -0.147. The summed E-state index contributed by atoms with van der Waals surface area (Å²) in [4.78, 5) is 24.9. The molecule has 23 heavy (non-hydrogen) atoms. The number of para-hydroxylation sites is 1. The van der Waals surface area contributed by atoms with Gasteiger partial charge in [-0.3, -0.25) is 4.79 Å². The van der Waals surface area contributed by atoms with Gasteiger partial charge in [0.1, 0.15) is 11.3 Å². The number of aromatic hydroxyl groups is 1. The van der Waals surface area contributed by atoms with Crippen LogP contribution in [0, 0.1) is 0 Å². The minimum absolute atomic E-state index is 0.125. The minimum Gasteiger partial charge on any atom is -0.507 e. The predicted molar refractivity (Wildman–Crippen MR) is 84.2 cm³/mol. The Morgan fingerprint density at radius 3 is 2.17 bits per heavy atom. The van der Waals surface area contributed by atoms with Crippen LogP contribution in [0.5, 0.6) is 5.75 Å². The number of carbonyl (C=O) groups is 2. The van der Waals surface area contributed by atoms with E-state index in [1.807, 2.05) is 24.3 Å². The third kappa shape index (κ3) is 2.65. The standard InChI is InChI=1S/C18H17NO4/c1-23-17(22)18(10-12-6-2-3-7-13(12)11-18)19-16(21)14-8-4-5-9-15(14)20/h2-9,20H,10-11H2,1H3,(H,19,21). The Morgan fingerprint density at radius 1 is 1.04 bits per heavy atom. The van der Waals surface area contributed by atoms with Gasteiger partial charge in [-0.25, -0.2) is 4.79 Å². The number of methoxy groups -OCH3 is 1. The summed E-state index contributed by atoms with van der Waals surface area (Å²) in [5.41, 5.74) is 1.01. The van der Waals surface area contributed by atoms with Gasteiger partial charge in [-0.1, -0.05) is 36.4 Å². The third-order valence-electron chi connectivity index (χ3n) is 4.18. The van der Waals surface area contributed by atoms with E-state index in [1.54, 1.807) is 12.1 Å². The fraction of sp³-hybridized carbons (Fsp3) is 0.222. The van der Waals surface area contributed by atoms with E-state index in [0.29, 0.717) is 12.8 Å². The van der Waals surface area contributed by atoms with Crippen molar-refractivity contribution in [2.24, 2.45) is 0 Å². The molecule has 0 unspecified atom stereocenters. The molecule has 5 heteroatoms. The van der Waals surface area contributed by atoms with Crippen LogP contribution in [-0.4, -0.2) is 29.6 Å². The molecule has 118 valence electrons. The Bertz CT molecular complexity index is 744. The van der Waals surface area contributed by atoms with Crippen LogP contribution in [0.15, 0.2) is 48.5 Å². The molecule has 0 bridgehead atoms. The summed E-state index contributed by atoms with van der Waals surface area (Å²) in [5, 5.41) is 12.6. The molecule has 0 heterocycles. The molecule has 0 aromatic heterocycles. The van der Waals surface area contributed by atoms with Crippen molar-refractivity contribution in [3.8, 4) is 5.75 Å². The van der Waals surface area contributed by atoms with Gasteiger partial charge in [0, 0.05) is 12.8 Å². The van der Waals surface area contributed by atoms with E-state index in [0.717, 1.165) is 11.1 Å². The molecule has 1 aliphatic carbocycles. The summed E-state index contributed by atoms with van der Waals surface area (Å²) in [6.45, 7) is 0. The van der Waals surface area contributed by atoms with E-state index in [-0.39, 0.29) is 11.3 Å². The highest BCUT2D eigenvalue weighted by atomic mass is 16.5. The van der Waals surface area contributed by atoms with Crippen LogP contribution < -0.4 is 5.32 Å². The second-order valence-corrected chi connectivity index (χ2v) is 5.67. The second kappa shape index (κ2) is 5.76. The Hall–Kier alpha value is -2.82. The molecule has 2 N–H and O–H groups in total. The molecule has 1 aliphatic rings. The number of hydrogen-bond acceptors (Lipinski definition) is 4. The molecule has 0 aliphatic heterocycles. The van der Waals surface area contributed by atoms with Crippen LogP contribution in [0.3, 0.4) is 0 Å².